The van der Waals surface area contributed by atoms with Gasteiger partial charge in [-0.2, -0.15) is 0 Å². The van der Waals surface area contributed by atoms with Gasteiger partial charge >= 0.3 is 5.97 Å². The maximum Gasteiger partial charge on any atom is 0.333 e. The molecule has 0 heterocycles. The van der Waals surface area contributed by atoms with Crippen molar-refractivity contribution >= 4 is 5.97 Å². The van der Waals surface area contributed by atoms with Gasteiger partial charge in [0, 0.05) is 12.0 Å². The molecule has 0 atom stereocenters. The molecule has 0 unspecified atom stereocenters. The molecule has 3 aromatic carbocycles. The van der Waals surface area contributed by atoms with E-state index in [1.54, 1.807) is 6.92 Å². The van der Waals surface area contributed by atoms with Gasteiger partial charge in [0.15, 0.2) is 0 Å². The first-order valence-electron chi connectivity index (χ1n) is 12.9. The van der Waals surface area contributed by atoms with Crippen molar-refractivity contribution in [3.8, 4) is 28.0 Å². The molecule has 4 rings (SSSR count). The summed E-state index contributed by atoms with van der Waals surface area (Å²) in [6.45, 7) is 6.00. The fraction of sp³-hybridized carbons (Fsp3) is 0.344. The van der Waals surface area contributed by atoms with Crippen molar-refractivity contribution in [1.82, 2.24) is 0 Å². The van der Waals surface area contributed by atoms with E-state index in [1.165, 1.54) is 48.8 Å². The highest BCUT2D eigenvalue weighted by Gasteiger charge is 2.17. The normalized spacial score (nSPS) is 13.8. The first-order chi connectivity index (χ1) is 17.5. The molecule has 4 nitrogen and oxygen atoms in total. The van der Waals surface area contributed by atoms with Crippen LogP contribution in [-0.2, 0) is 16.0 Å². The second-order valence-corrected chi connectivity index (χ2v) is 9.59. The van der Waals surface area contributed by atoms with Gasteiger partial charge in [0.25, 0.3) is 0 Å². The fourth-order valence-corrected chi connectivity index (χ4v) is 4.92. The van der Waals surface area contributed by atoms with E-state index in [0.29, 0.717) is 31.1 Å². The average Bonchev–Trinajstić information content (AvgIpc) is 2.92. The van der Waals surface area contributed by atoms with Crippen molar-refractivity contribution in [2.45, 2.75) is 51.4 Å². The first kappa shape index (κ1) is 25.7. The van der Waals surface area contributed by atoms with Crippen LogP contribution < -0.4 is 4.74 Å². The van der Waals surface area contributed by atoms with Crippen molar-refractivity contribution in [3.05, 3.63) is 90.0 Å². The third kappa shape index (κ3) is 6.64. The van der Waals surface area contributed by atoms with Crippen LogP contribution in [0.5, 0.6) is 5.75 Å². The summed E-state index contributed by atoms with van der Waals surface area (Å²) < 4.78 is 10.9. The minimum absolute atomic E-state index is 0.00314. The van der Waals surface area contributed by atoms with Crippen molar-refractivity contribution in [1.29, 1.82) is 0 Å². The Kier molecular flexibility index (Phi) is 8.96. The van der Waals surface area contributed by atoms with Crippen molar-refractivity contribution in [3.63, 3.8) is 0 Å². The molecule has 4 heteroatoms. The highest BCUT2D eigenvalue weighted by molar-refractivity contribution is 5.87. The van der Waals surface area contributed by atoms with Gasteiger partial charge in [-0.1, -0.05) is 80.4 Å². The van der Waals surface area contributed by atoms with E-state index in [1.807, 2.05) is 24.3 Å². The molecule has 188 valence electrons. The summed E-state index contributed by atoms with van der Waals surface area (Å²) in [6.07, 6.45) is 7.11. The number of hydrogen-bond acceptors (Lipinski definition) is 4. The minimum atomic E-state index is -0.336. The number of esters is 1. The third-order valence-corrected chi connectivity index (χ3v) is 6.90. The second kappa shape index (κ2) is 12.5. The molecular formula is C32H36O4. The van der Waals surface area contributed by atoms with Gasteiger partial charge in [-0.3, -0.25) is 0 Å². The lowest BCUT2D eigenvalue weighted by atomic mass is 9.82. The van der Waals surface area contributed by atoms with Gasteiger partial charge in [0.1, 0.15) is 12.4 Å². The Morgan fingerprint density at radius 2 is 1.53 bits per heavy atom. The van der Waals surface area contributed by atoms with Crippen LogP contribution in [0.25, 0.3) is 22.3 Å². The summed E-state index contributed by atoms with van der Waals surface area (Å²) in [7, 11) is 0. The van der Waals surface area contributed by atoms with Crippen LogP contribution in [0.2, 0.25) is 0 Å². The molecule has 1 N–H and O–H groups in total. The second-order valence-electron chi connectivity index (χ2n) is 9.59. The number of aliphatic hydroxyl groups is 1. The monoisotopic (exact) mass is 484 g/mol. The lowest BCUT2D eigenvalue weighted by Gasteiger charge is -2.23. The molecule has 0 aliphatic heterocycles. The van der Waals surface area contributed by atoms with E-state index in [2.05, 4.69) is 49.0 Å². The van der Waals surface area contributed by atoms with Crippen LogP contribution in [0, 0.1) is 0 Å². The van der Waals surface area contributed by atoms with E-state index in [-0.39, 0.29) is 12.6 Å². The third-order valence-electron chi connectivity index (χ3n) is 6.90. The molecule has 1 aliphatic rings. The molecule has 0 saturated heterocycles. The summed E-state index contributed by atoms with van der Waals surface area (Å²) in [5.41, 5.74) is 7.61. The number of benzene rings is 3. The molecule has 36 heavy (non-hydrogen) atoms. The fourth-order valence-electron chi connectivity index (χ4n) is 4.92. The van der Waals surface area contributed by atoms with Gasteiger partial charge in [-0.05, 0) is 71.2 Å². The first-order valence-corrected chi connectivity index (χ1v) is 12.9. The minimum Gasteiger partial charge on any atom is -0.491 e. The van der Waals surface area contributed by atoms with Crippen LogP contribution in [0.15, 0.2) is 78.9 Å². The van der Waals surface area contributed by atoms with Crippen LogP contribution in [0.4, 0.5) is 0 Å². The SMILES string of the molecule is C=C(C)C(=O)OCCc1cc(C2CCCCC2)ccc1-c1ccc(-c2ccc(OCCO)cc2)cc1. The largest absolute Gasteiger partial charge is 0.491 e. The standard InChI is InChI=1S/C32H36O4/c1-23(2)32(34)36-20-18-29-22-28(24-6-4-3-5-7-24)14-17-31(29)27-10-8-25(9-11-27)26-12-15-30(16-13-26)35-21-19-33/h8-17,22,24,33H,1,3-7,18-21H2,2H3. The Morgan fingerprint density at radius 3 is 2.17 bits per heavy atom. The maximum atomic E-state index is 11.9. The smallest absolute Gasteiger partial charge is 0.333 e. The zero-order valence-corrected chi connectivity index (χ0v) is 21.2. The lowest BCUT2D eigenvalue weighted by Crippen LogP contribution is -2.10. The highest BCUT2D eigenvalue weighted by Crippen LogP contribution is 2.36. The topological polar surface area (TPSA) is 55.8 Å². The molecule has 0 bridgehead atoms. The Labute approximate surface area is 214 Å². The Morgan fingerprint density at radius 1 is 0.889 bits per heavy atom. The van der Waals surface area contributed by atoms with Crippen LogP contribution >= 0.6 is 0 Å². The molecule has 0 aromatic heterocycles. The summed E-state index contributed by atoms with van der Waals surface area (Å²) in [4.78, 5) is 11.9. The van der Waals surface area contributed by atoms with Crippen LogP contribution in [0.3, 0.4) is 0 Å². The predicted molar refractivity (Wildman–Crippen MR) is 145 cm³/mol. The van der Waals surface area contributed by atoms with E-state index in [9.17, 15) is 4.79 Å². The molecule has 1 saturated carbocycles. The van der Waals surface area contributed by atoms with Crippen molar-refractivity contribution < 1.29 is 19.4 Å². The number of carbonyl (C=O) groups excluding carboxylic acids is 1. The zero-order chi connectivity index (χ0) is 25.3. The Balaban J connectivity index is 1.55. The number of hydrogen-bond donors (Lipinski definition) is 1. The maximum absolute atomic E-state index is 11.9. The molecule has 0 amide bonds. The van der Waals surface area contributed by atoms with Crippen molar-refractivity contribution in [2.24, 2.45) is 0 Å². The molecule has 3 aromatic rings. The Bertz CT molecular complexity index is 1160. The van der Waals surface area contributed by atoms with Gasteiger partial charge in [0.05, 0.1) is 13.2 Å². The summed E-state index contributed by atoms with van der Waals surface area (Å²) in [5, 5.41) is 8.92. The summed E-state index contributed by atoms with van der Waals surface area (Å²) in [6, 6.07) is 23.4. The van der Waals surface area contributed by atoms with E-state index >= 15 is 0 Å². The molecule has 1 aliphatic carbocycles. The van der Waals surface area contributed by atoms with Crippen molar-refractivity contribution in [2.75, 3.05) is 19.8 Å². The van der Waals surface area contributed by atoms with Crippen LogP contribution in [0.1, 0.15) is 56.1 Å². The molecule has 0 radical (unpaired) electrons. The van der Waals surface area contributed by atoms with E-state index < -0.39 is 0 Å². The predicted octanol–water partition coefficient (Wildman–Crippen LogP) is 7.10. The quantitative estimate of drug-likeness (QED) is 0.246. The zero-order valence-electron chi connectivity index (χ0n) is 21.2. The molecule has 0 spiro atoms. The number of aliphatic hydroxyl groups excluding tert-OH is 1. The molecular weight excluding hydrogens is 448 g/mol. The van der Waals surface area contributed by atoms with Gasteiger partial charge in [-0.25, -0.2) is 4.79 Å². The van der Waals surface area contributed by atoms with Crippen LogP contribution in [-0.4, -0.2) is 30.9 Å². The highest BCUT2D eigenvalue weighted by atomic mass is 16.5. The summed E-state index contributed by atoms with van der Waals surface area (Å²) in [5.74, 6) is 1.04. The van der Waals surface area contributed by atoms with E-state index in [0.717, 1.165) is 22.4 Å². The average molecular weight is 485 g/mol. The lowest BCUT2D eigenvalue weighted by molar-refractivity contribution is -0.138. The van der Waals surface area contributed by atoms with Gasteiger partial charge in [0.2, 0.25) is 0 Å². The molecule has 1 fully saturated rings. The number of rotatable bonds is 10. The Hall–Kier alpha value is -3.37. The van der Waals surface area contributed by atoms with Gasteiger partial charge < -0.3 is 14.6 Å². The number of ether oxygens (including phenoxy) is 2. The van der Waals surface area contributed by atoms with E-state index in [4.69, 9.17) is 14.6 Å². The number of carbonyl (C=O) groups is 1. The van der Waals surface area contributed by atoms with Gasteiger partial charge in [-0.15, -0.1) is 0 Å². The summed E-state index contributed by atoms with van der Waals surface area (Å²) >= 11 is 0.